The number of nitrogens with one attached hydrogen (secondary N) is 1. The molecule has 0 fully saturated rings. The summed E-state index contributed by atoms with van der Waals surface area (Å²) in [5.74, 6) is 1.88. The molecule has 1 N–H and O–H groups in total. The van der Waals surface area contributed by atoms with Crippen molar-refractivity contribution in [3.05, 3.63) is 53.1 Å². The van der Waals surface area contributed by atoms with Crippen LogP contribution in [0.3, 0.4) is 0 Å². The van der Waals surface area contributed by atoms with Crippen LogP contribution in [-0.2, 0) is 11.8 Å². The molecule has 2 aromatic rings. The van der Waals surface area contributed by atoms with E-state index in [1.165, 1.54) is 11.1 Å². The molecule has 1 atom stereocenters. The van der Waals surface area contributed by atoms with Gasteiger partial charge in [0.05, 0.1) is 20.8 Å². The molecule has 0 unspecified atom stereocenters. The Morgan fingerprint density at radius 2 is 1.85 bits per heavy atom. The van der Waals surface area contributed by atoms with Gasteiger partial charge in [0, 0.05) is 12.0 Å². The van der Waals surface area contributed by atoms with Crippen molar-refractivity contribution in [2.45, 2.75) is 38.7 Å². The average Bonchev–Trinajstić information content (AvgIpc) is 3.06. The van der Waals surface area contributed by atoms with Gasteiger partial charge in [0.2, 0.25) is 0 Å². The summed E-state index contributed by atoms with van der Waals surface area (Å²) < 4.78 is 16.4. The van der Waals surface area contributed by atoms with Crippen molar-refractivity contribution >= 4 is 5.91 Å². The van der Waals surface area contributed by atoms with Crippen LogP contribution in [0.25, 0.3) is 0 Å². The summed E-state index contributed by atoms with van der Waals surface area (Å²) in [7, 11) is 3.12. The maximum atomic E-state index is 12.5. The van der Waals surface area contributed by atoms with Crippen LogP contribution >= 0.6 is 0 Å². The van der Waals surface area contributed by atoms with E-state index in [4.69, 9.17) is 14.2 Å². The smallest absolute Gasteiger partial charge is 0.251 e. The molecule has 1 heterocycles. The molecule has 0 bridgehead atoms. The molecule has 5 nitrogen and oxygen atoms in total. The first-order valence-corrected chi connectivity index (χ1v) is 9.12. The minimum absolute atomic E-state index is 0.0562. The fourth-order valence-corrected chi connectivity index (χ4v) is 3.19. The Bertz CT molecular complexity index is 839. The number of hydrogen-bond donors (Lipinski definition) is 1. The number of fused-ring (bicyclic) bond motifs is 1. The quantitative estimate of drug-likeness (QED) is 0.872. The second kappa shape index (κ2) is 7.51. The molecule has 27 heavy (non-hydrogen) atoms. The molecule has 144 valence electrons. The lowest BCUT2D eigenvalue weighted by molar-refractivity contribution is 0.0933. The van der Waals surface area contributed by atoms with Crippen LogP contribution < -0.4 is 19.5 Å². The van der Waals surface area contributed by atoms with Gasteiger partial charge in [-0.3, -0.25) is 4.79 Å². The van der Waals surface area contributed by atoms with Gasteiger partial charge in [-0.1, -0.05) is 32.9 Å². The van der Waals surface area contributed by atoms with Crippen LogP contribution in [0.1, 0.15) is 42.3 Å². The van der Waals surface area contributed by atoms with E-state index < -0.39 is 0 Å². The Balaban J connectivity index is 1.62. The summed E-state index contributed by atoms with van der Waals surface area (Å²) in [5, 5.41) is 2.95. The van der Waals surface area contributed by atoms with Crippen molar-refractivity contribution < 1.29 is 19.0 Å². The molecule has 0 aliphatic carbocycles. The second-order valence-electron chi connectivity index (χ2n) is 7.80. The fraction of sp³-hybridized carbons (Fsp3) is 0.409. The summed E-state index contributed by atoms with van der Waals surface area (Å²) in [6.07, 6.45) is 0.741. The molecule has 5 heteroatoms. The van der Waals surface area contributed by atoms with Gasteiger partial charge < -0.3 is 19.5 Å². The van der Waals surface area contributed by atoms with Gasteiger partial charge >= 0.3 is 0 Å². The van der Waals surface area contributed by atoms with E-state index in [1.807, 2.05) is 6.07 Å². The summed E-state index contributed by atoms with van der Waals surface area (Å²) in [4.78, 5) is 12.5. The second-order valence-corrected chi connectivity index (χ2v) is 7.80. The molecule has 2 aromatic carbocycles. The first-order valence-electron chi connectivity index (χ1n) is 9.12. The van der Waals surface area contributed by atoms with E-state index in [9.17, 15) is 4.79 Å². The summed E-state index contributed by atoms with van der Waals surface area (Å²) in [5.41, 5.74) is 3.13. The van der Waals surface area contributed by atoms with Crippen molar-refractivity contribution in [1.82, 2.24) is 5.32 Å². The molecular weight excluding hydrogens is 342 g/mol. The lowest BCUT2D eigenvalue weighted by Gasteiger charge is -2.19. The third-order valence-electron chi connectivity index (χ3n) is 4.80. The van der Waals surface area contributed by atoms with Crippen LogP contribution in [0.5, 0.6) is 17.2 Å². The Morgan fingerprint density at radius 1 is 1.11 bits per heavy atom. The molecule has 0 radical (unpaired) electrons. The lowest BCUT2D eigenvalue weighted by atomic mass is 9.86. The number of benzene rings is 2. The Labute approximate surface area is 160 Å². The predicted molar refractivity (Wildman–Crippen MR) is 105 cm³/mol. The maximum absolute atomic E-state index is 12.5. The Morgan fingerprint density at radius 3 is 2.52 bits per heavy atom. The van der Waals surface area contributed by atoms with Crippen molar-refractivity contribution in [2.24, 2.45) is 0 Å². The summed E-state index contributed by atoms with van der Waals surface area (Å²) >= 11 is 0. The van der Waals surface area contributed by atoms with E-state index >= 15 is 0 Å². The highest BCUT2D eigenvalue weighted by molar-refractivity contribution is 5.94. The molecule has 0 saturated heterocycles. The van der Waals surface area contributed by atoms with Crippen molar-refractivity contribution in [1.29, 1.82) is 0 Å². The highest BCUT2D eigenvalue weighted by Crippen LogP contribution is 2.33. The van der Waals surface area contributed by atoms with Crippen LogP contribution in [0.4, 0.5) is 0 Å². The molecule has 0 aromatic heterocycles. The van der Waals surface area contributed by atoms with E-state index in [2.05, 4.69) is 38.2 Å². The van der Waals surface area contributed by atoms with Gasteiger partial charge in [0.1, 0.15) is 11.9 Å². The van der Waals surface area contributed by atoms with Crippen molar-refractivity contribution in [3.8, 4) is 17.2 Å². The zero-order valence-electron chi connectivity index (χ0n) is 16.6. The fourth-order valence-electron chi connectivity index (χ4n) is 3.19. The molecule has 1 aliphatic heterocycles. The highest BCUT2D eigenvalue weighted by atomic mass is 16.5. The minimum atomic E-state index is -0.161. The molecule has 1 aliphatic rings. The van der Waals surface area contributed by atoms with Crippen LogP contribution in [-0.4, -0.2) is 32.8 Å². The normalized spacial score (nSPS) is 15.7. The van der Waals surface area contributed by atoms with E-state index in [0.29, 0.717) is 23.6 Å². The zero-order chi connectivity index (χ0) is 19.6. The van der Waals surface area contributed by atoms with Crippen LogP contribution in [0.15, 0.2) is 36.4 Å². The van der Waals surface area contributed by atoms with Crippen molar-refractivity contribution in [3.63, 3.8) is 0 Å². The first kappa shape index (κ1) is 19.1. The van der Waals surface area contributed by atoms with Crippen LogP contribution in [0.2, 0.25) is 0 Å². The van der Waals surface area contributed by atoms with Gasteiger partial charge in [-0.25, -0.2) is 0 Å². The molecular formula is C22H27NO4. The largest absolute Gasteiger partial charge is 0.493 e. The predicted octanol–water partition coefficient (Wildman–Crippen LogP) is 3.73. The number of carbonyl (C=O) groups excluding carboxylic acids is 1. The Hall–Kier alpha value is -2.69. The number of amides is 1. The van der Waals surface area contributed by atoms with Crippen molar-refractivity contribution in [2.75, 3.05) is 20.8 Å². The maximum Gasteiger partial charge on any atom is 0.251 e. The number of rotatable bonds is 5. The molecule has 3 rings (SSSR count). The summed E-state index contributed by atoms with van der Waals surface area (Å²) in [6.45, 7) is 7.05. The zero-order valence-corrected chi connectivity index (χ0v) is 16.6. The first-order chi connectivity index (χ1) is 12.8. The van der Waals surface area contributed by atoms with Crippen LogP contribution in [0, 0.1) is 0 Å². The topological polar surface area (TPSA) is 56.8 Å². The highest BCUT2D eigenvalue weighted by Gasteiger charge is 2.25. The SMILES string of the molecule is COc1ccc(C(=O)NC[C@@H]2Cc3cc(C(C)(C)C)ccc3O2)cc1OC. The monoisotopic (exact) mass is 369 g/mol. The van der Waals surface area contributed by atoms with E-state index in [1.54, 1.807) is 32.4 Å². The molecule has 0 spiro atoms. The number of methoxy groups -OCH3 is 2. The number of hydrogen-bond acceptors (Lipinski definition) is 4. The molecule has 1 amide bonds. The standard InChI is InChI=1S/C22H27NO4/c1-22(2,3)16-7-9-18-15(10-16)11-17(27-18)13-23-21(24)14-6-8-19(25-4)20(12-14)26-5/h6-10,12,17H,11,13H2,1-5H3,(H,23,24)/t17-/m0/s1. The molecule has 0 saturated carbocycles. The average molecular weight is 369 g/mol. The summed E-state index contributed by atoms with van der Waals surface area (Å²) in [6, 6.07) is 11.5. The number of carbonyl (C=O) groups is 1. The van der Waals surface area contributed by atoms with Gasteiger partial charge in [-0.2, -0.15) is 0 Å². The van der Waals surface area contributed by atoms with E-state index in [-0.39, 0.29) is 17.4 Å². The van der Waals surface area contributed by atoms with Gasteiger partial charge in [0.15, 0.2) is 11.5 Å². The number of ether oxygens (including phenoxy) is 3. The minimum Gasteiger partial charge on any atom is -0.493 e. The Kier molecular flexibility index (Phi) is 5.31. The van der Waals surface area contributed by atoms with E-state index in [0.717, 1.165) is 12.2 Å². The third kappa shape index (κ3) is 4.18. The van der Waals surface area contributed by atoms with Gasteiger partial charge in [-0.05, 0) is 40.8 Å². The van der Waals surface area contributed by atoms with Gasteiger partial charge in [0.25, 0.3) is 5.91 Å². The third-order valence-corrected chi connectivity index (χ3v) is 4.80. The lowest BCUT2D eigenvalue weighted by Crippen LogP contribution is -2.34. The van der Waals surface area contributed by atoms with Gasteiger partial charge in [-0.15, -0.1) is 0 Å².